The number of nitriles is 2. The highest BCUT2D eigenvalue weighted by Crippen LogP contribution is 2.44. The van der Waals surface area contributed by atoms with Gasteiger partial charge in [0.25, 0.3) is 0 Å². The first-order valence-corrected chi connectivity index (χ1v) is 7.90. The van der Waals surface area contributed by atoms with Crippen LogP contribution in [0.2, 0.25) is 0 Å². The molecule has 2 heteroatoms. The molecule has 0 heterocycles. The van der Waals surface area contributed by atoms with Crippen LogP contribution in [0.15, 0.2) is 43.5 Å². The van der Waals surface area contributed by atoms with Gasteiger partial charge in [-0.25, -0.2) is 0 Å². The molecule has 0 amide bonds. The Hall–Kier alpha value is -2.32. The van der Waals surface area contributed by atoms with Crippen LogP contribution < -0.4 is 0 Å². The summed E-state index contributed by atoms with van der Waals surface area (Å²) in [5.74, 6) is 1.47. The summed E-state index contributed by atoms with van der Waals surface area (Å²) in [6.45, 7) is 7.74. The standard InChI is InChI=1S/C20H22N2/c1-3-6-15-10-11-16(7-4-2)19(12-15)18-9-5-8-17(13-21)20(18)14-22/h3-5,8-9,15-16,19H,1-2,6-7,10-12H2. The van der Waals surface area contributed by atoms with Crippen molar-refractivity contribution in [3.05, 3.63) is 60.2 Å². The number of benzene rings is 1. The predicted molar refractivity (Wildman–Crippen MR) is 89.1 cm³/mol. The molecule has 22 heavy (non-hydrogen) atoms. The van der Waals surface area contributed by atoms with Crippen LogP contribution in [0.25, 0.3) is 0 Å². The van der Waals surface area contributed by atoms with Crippen LogP contribution in [-0.2, 0) is 0 Å². The van der Waals surface area contributed by atoms with E-state index in [0.29, 0.717) is 28.9 Å². The van der Waals surface area contributed by atoms with Crippen molar-refractivity contribution in [3.8, 4) is 12.1 Å². The van der Waals surface area contributed by atoms with Crippen molar-refractivity contribution in [1.29, 1.82) is 10.5 Å². The second kappa shape index (κ2) is 7.62. The molecule has 2 rings (SSSR count). The Morgan fingerprint density at radius 3 is 2.50 bits per heavy atom. The lowest BCUT2D eigenvalue weighted by Crippen LogP contribution is -2.24. The topological polar surface area (TPSA) is 47.6 Å². The zero-order valence-electron chi connectivity index (χ0n) is 13.0. The lowest BCUT2D eigenvalue weighted by Gasteiger charge is -2.36. The minimum absolute atomic E-state index is 0.333. The van der Waals surface area contributed by atoms with Gasteiger partial charge in [-0.15, -0.1) is 13.2 Å². The summed E-state index contributed by atoms with van der Waals surface area (Å²) < 4.78 is 0. The first kappa shape index (κ1) is 16.1. The van der Waals surface area contributed by atoms with Crippen LogP contribution in [0, 0.1) is 34.5 Å². The fourth-order valence-electron chi connectivity index (χ4n) is 3.74. The van der Waals surface area contributed by atoms with E-state index in [2.05, 4.69) is 25.3 Å². The largest absolute Gasteiger partial charge is 0.192 e. The van der Waals surface area contributed by atoms with Crippen molar-refractivity contribution < 1.29 is 0 Å². The average molecular weight is 290 g/mol. The second-order valence-electron chi connectivity index (χ2n) is 6.09. The number of hydrogen-bond acceptors (Lipinski definition) is 2. The molecule has 1 aliphatic rings. The van der Waals surface area contributed by atoms with Gasteiger partial charge in [0.05, 0.1) is 11.1 Å². The van der Waals surface area contributed by atoms with E-state index < -0.39 is 0 Å². The monoisotopic (exact) mass is 290 g/mol. The second-order valence-corrected chi connectivity index (χ2v) is 6.09. The molecule has 3 unspecified atom stereocenters. The number of nitrogens with zero attached hydrogens (tertiary/aromatic N) is 2. The molecule has 3 atom stereocenters. The van der Waals surface area contributed by atoms with E-state index in [1.54, 1.807) is 6.07 Å². The van der Waals surface area contributed by atoms with Gasteiger partial charge in [0, 0.05) is 0 Å². The Morgan fingerprint density at radius 1 is 1.09 bits per heavy atom. The molecule has 1 aromatic carbocycles. The van der Waals surface area contributed by atoms with Gasteiger partial charge < -0.3 is 0 Å². The molecule has 1 aliphatic carbocycles. The molecular formula is C20H22N2. The highest BCUT2D eigenvalue weighted by atomic mass is 14.4. The van der Waals surface area contributed by atoms with E-state index in [-0.39, 0.29) is 0 Å². The summed E-state index contributed by atoms with van der Waals surface area (Å²) in [7, 11) is 0. The molecule has 112 valence electrons. The molecule has 1 saturated carbocycles. The van der Waals surface area contributed by atoms with E-state index >= 15 is 0 Å². The first-order chi connectivity index (χ1) is 10.7. The van der Waals surface area contributed by atoms with Crippen LogP contribution in [-0.4, -0.2) is 0 Å². The summed E-state index contributed by atoms with van der Waals surface area (Å²) in [4.78, 5) is 0. The van der Waals surface area contributed by atoms with Crippen LogP contribution in [0.4, 0.5) is 0 Å². The van der Waals surface area contributed by atoms with E-state index in [0.717, 1.165) is 31.2 Å². The third kappa shape index (κ3) is 3.29. The number of allylic oxidation sites excluding steroid dienone is 2. The summed E-state index contributed by atoms with van der Waals surface area (Å²) in [5, 5.41) is 18.8. The molecule has 0 aromatic heterocycles. The molecule has 0 bridgehead atoms. The smallest absolute Gasteiger partial charge is 0.101 e. The maximum Gasteiger partial charge on any atom is 0.101 e. The Labute approximate surface area is 133 Å². The highest BCUT2D eigenvalue weighted by molar-refractivity contribution is 5.51. The first-order valence-electron chi connectivity index (χ1n) is 7.90. The number of rotatable bonds is 5. The lowest BCUT2D eigenvalue weighted by atomic mass is 9.68. The molecule has 0 spiro atoms. The quantitative estimate of drug-likeness (QED) is 0.710. The molecule has 2 nitrogen and oxygen atoms in total. The van der Waals surface area contributed by atoms with Crippen molar-refractivity contribution in [3.63, 3.8) is 0 Å². The molecule has 1 aromatic rings. The fraction of sp³-hybridized carbons (Fsp3) is 0.400. The lowest BCUT2D eigenvalue weighted by molar-refractivity contribution is 0.238. The molecule has 0 N–H and O–H groups in total. The van der Waals surface area contributed by atoms with Gasteiger partial charge in [0.2, 0.25) is 0 Å². The Bertz CT molecular complexity index is 630. The third-order valence-electron chi connectivity index (χ3n) is 4.80. The van der Waals surface area contributed by atoms with Crippen molar-refractivity contribution in [2.45, 2.75) is 38.0 Å². The zero-order chi connectivity index (χ0) is 15.9. The molecule has 0 saturated heterocycles. The van der Waals surface area contributed by atoms with Crippen LogP contribution >= 0.6 is 0 Å². The zero-order valence-corrected chi connectivity index (χ0v) is 13.0. The van der Waals surface area contributed by atoms with Gasteiger partial charge in [0.1, 0.15) is 12.1 Å². The van der Waals surface area contributed by atoms with E-state index in [9.17, 15) is 10.5 Å². The molecule has 1 fully saturated rings. The van der Waals surface area contributed by atoms with Crippen LogP contribution in [0.1, 0.15) is 54.7 Å². The summed E-state index contributed by atoms with van der Waals surface area (Å²) in [5.41, 5.74) is 2.09. The summed E-state index contributed by atoms with van der Waals surface area (Å²) in [6, 6.07) is 10.1. The van der Waals surface area contributed by atoms with E-state index in [1.165, 1.54) is 6.42 Å². The normalized spacial score (nSPS) is 24.0. The van der Waals surface area contributed by atoms with Gasteiger partial charge in [-0.1, -0.05) is 24.3 Å². The fourth-order valence-corrected chi connectivity index (χ4v) is 3.74. The molecular weight excluding hydrogens is 268 g/mol. The Morgan fingerprint density at radius 2 is 1.86 bits per heavy atom. The minimum Gasteiger partial charge on any atom is -0.192 e. The minimum atomic E-state index is 0.333. The number of hydrogen-bond donors (Lipinski definition) is 0. The van der Waals surface area contributed by atoms with Gasteiger partial charge in [-0.3, -0.25) is 0 Å². The van der Waals surface area contributed by atoms with Crippen molar-refractivity contribution >= 4 is 0 Å². The van der Waals surface area contributed by atoms with Crippen LogP contribution in [0.5, 0.6) is 0 Å². The van der Waals surface area contributed by atoms with Crippen molar-refractivity contribution in [2.24, 2.45) is 11.8 Å². The van der Waals surface area contributed by atoms with Crippen molar-refractivity contribution in [2.75, 3.05) is 0 Å². The summed E-state index contributed by atoms with van der Waals surface area (Å²) in [6.07, 6.45) is 9.38. The molecule has 0 radical (unpaired) electrons. The highest BCUT2D eigenvalue weighted by Gasteiger charge is 2.32. The Kier molecular flexibility index (Phi) is 5.56. The molecule has 0 aliphatic heterocycles. The SMILES string of the molecule is C=CCC1CCC(CC=C)C(c2cccc(C#N)c2C#N)C1. The van der Waals surface area contributed by atoms with Gasteiger partial charge in [-0.05, 0) is 61.5 Å². The van der Waals surface area contributed by atoms with E-state index in [4.69, 9.17) is 0 Å². The van der Waals surface area contributed by atoms with Gasteiger partial charge in [-0.2, -0.15) is 10.5 Å². The summed E-state index contributed by atoms with van der Waals surface area (Å²) >= 11 is 0. The Balaban J connectivity index is 2.41. The maximum atomic E-state index is 9.51. The maximum absolute atomic E-state index is 9.51. The van der Waals surface area contributed by atoms with E-state index in [1.807, 2.05) is 24.3 Å². The van der Waals surface area contributed by atoms with Gasteiger partial charge >= 0.3 is 0 Å². The van der Waals surface area contributed by atoms with Crippen LogP contribution in [0.3, 0.4) is 0 Å². The third-order valence-corrected chi connectivity index (χ3v) is 4.80. The van der Waals surface area contributed by atoms with Crippen molar-refractivity contribution in [1.82, 2.24) is 0 Å². The van der Waals surface area contributed by atoms with Gasteiger partial charge in [0.15, 0.2) is 0 Å². The average Bonchev–Trinajstić information content (AvgIpc) is 2.55. The predicted octanol–water partition coefficient (Wildman–Crippen LogP) is 5.08.